The van der Waals surface area contributed by atoms with Crippen LogP contribution in [0, 0.1) is 0 Å². The minimum atomic E-state index is -0.607. The molecule has 5 nitrogen and oxygen atoms in total. The van der Waals surface area contributed by atoms with Gasteiger partial charge in [-0.2, -0.15) is 0 Å². The van der Waals surface area contributed by atoms with E-state index >= 15 is 0 Å². The normalized spacial score (nSPS) is 11.2. The summed E-state index contributed by atoms with van der Waals surface area (Å²) < 4.78 is 0. The Morgan fingerprint density at radius 1 is 1.00 bits per heavy atom. The van der Waals surface area contributed by atoms with Crippen molar-refractivity contribution in [2.24, 2.45) is 5.73 Å². The average molecular weight is 362 g/mol. The van der Waals surface area contributed by atoms with Gasteiger partial charge in [0.15, 0.2) is 0 Å². The van der Waals surface area contributed by atoms with E-state index in [1.165, 1.54) is 4.90 Å². The average Bonchev–Trinajstić information content (AvgIpc) is 2.61. The van der Waals surface area contributed by atoms with E-state index in [2.05, 4.69) is 5.32 Å². The maximum Gasteiger partial charge on any atom is 0.251 e. The fraction of sp³-hybridized carbons (Fsp3) is 0.263. The SMILES string of the molecule is CN(C)C(=O)C(Cc1ccccc1)NC(=O)c1ccc(CN)cc1.Cl. The molecule has 0 saturated carbocycles. The number of amides is 2. The van der Waals surface area contributed by atoms with E-state index in [1.807, 2.05) is 42.5 Å². The number of likely N-dealkylation sites (N-methyl/N-ethyl adjacent to an activating group) is 1. The zero-order valence-corrected chi connectivity index (χ0v) is 15.3. The maximum atomic E-state index is 12.5. The predicted molar refractivity (Wildman–Crippen MR) is 102 cm³/mol. The van der Waals surface area contributed by atoms with Gasteiger partial charge in [0.05, 0.1) is 0 Å². The molecule has 0 bridgehead atoms. The van der Waals surface area contributed by atoms with Crippen LogP contribution in [0.1, 0.15) is 21.5 Å². The van der Waals surface area contributed by atoms with E-state index < -0.39 is 6.04 Å². The van der Waals surface area contributed by atoms with Crippen LogP contribution in [0.5, 0.6) is 0 Å². The molecule has 2 aromatic carbocycles. The molecule has 0 saturated heterocycles. The molecule has 0 aliphatic carbocycles. The smallest absolute Gasteiger partial charge is 0.251 e. The first-order valence-electron chi connectivity index (χ1n) is 7.86. The molecule has 0 spiro atoms. The second-order valence-corrected chi connectivity index (χ2v) is 5.85. The molecule has 1 unspecified atom stereocenters. The third kappa shape index (κ3) is 5.89. The number of nitrogens with zero attached hydrogens (tertiary/aromatic N) is 1. The minimum Gasteiger partial charge on any atom is -0.347 e. The molecular formula is C19H24ClN3O2. The molecule has 0 heterocycles. The van der Waals surface area contributed by atoms with Gasteiger partial charge in [0.1, 0.15) is 6.04 Å². The Kier molecular flexibility index (Phi) is 8.11. The largest absolute Gasteiger partial charge is 0.347 e. The lowest BCUT2D eigenvalue weighted by atomic mass is 10.0. The first-order valence-corrected chi connectivity index (χ1v) is 7.86. The molecule has 6 heteroatoms. The van der Waals surface area contributed by atoms with Crippen molar-refractivity contribution in [2.75, 3.05) is 14.1 Å². The zero-order chi connectivity index (χ0) is 17.5. The Morgan fingerprint density at radius 3 is 2.12 bits per heavy atom. The summed E-state index contributed by atoms with van der Waals surface area (Å²) in [4.78, 5) is 26.4. The van der Waals surface area contributed by atoms with Crippen LogP contribution in [0.15, 0.2) is 54.6 Å². The van der Waals surface area contributed by atoms with Gasteiger partial charge in [-0.05, 0) is 23.3 Å². The summed E-state index contributed by atoms with van der Waals surface area (Å²) in [5.41, 5.74) is 8.03. The van der Waals surface area contributed by atoms with E-state index in [0.29, 0.717) is 18.5 Å². The Bertz CT molecular complexity index is 688. The number of nitrogens with one attached hydrogen (secondary N) is 1. The summed E-state index contributed by atoms with van der Waals surface area (Å²) in [6.07, 6.45) is 0.449. The fourth-order valence-electron chi connectivity index (χ4n) is 2.40. The Labute approximate surface area is 154 Å². The molecule has 25 heavy (non-hydrogen) atoms. The number of halogens is 1. The van der Waals surface area contributed by atoms with Gasteiger partial charge in [0.25, 0.3) is 5.91 Å². The number of nitrogens with two attached hydrogens (primary N) is 1. The summed E-state index contributed by atoms with van der Waals surface area (Å²) in [6, 6.07) is 16.1. The highest BCUT2D eigenvalue weighted by Gasteiger charge is 2.23. The van der Waals surface area contributed by atoms with Crippen LogP contribution < -0.4 is 11.1 Å². The molecule has 2 rings (SSSR count). The van der Waals surface area contributed by atoms with Crippen molar-refractivity contribution in [3.05, 3.63) is 71.3 Å². The van der Waals surface area contributed by atoms with Crippen LogP contribution in [0.2, 0.25) is 0 Å². The summed E-state index contributed by atoms with van der Waals surface area (Å²) in [6.45, 7) is 0.428. The van der Waals surface area contributed by atoms with Gasteiger partial charge in [-0.3, -0.25) is 9.59 Å². The van der Waals surface area contributed by atoms with Gasteiger partial charge in [-0.1, -0.05) is 42.5 Å². The van der Waals surface area contributed by atoms with E-state index in [4.69, 9.17) is 5.73 Å². The summed E-state index contributed by atoms with van der Waals surface area (Å²) in [5.74, 6) is -0.402. The number of benzene rings is 2. The first-order chi connectivity index (χ1) is 11.5. The van der Waals surface area contributed by atoms with Crippen molar-refractivity contribution in [2.45, 2.75) is 19.0 Å². The predicted octanol–water partition coefficient (Wildman–Crippen LogP) is 2.00. The minimum absolute atomic E-state index is 0. The summed E-state index contributed by atoms with van der Waals surface area (Å²) >= 11 is 0. The van der Waals surface area contributed by atoms with Crippen LogP contribution in [0.25, 0.3) is 0 Å². The summed E-state index contributed by atoms with van der Waals surface area (Å²) in [7, 11) is 3.37. The number of carbonyl (C=O) groups is 2. The van der Waals surface area contributed by atoms with Crippen molar-refractivity contribution in [3.63, 3.8) is 0 Å². The molecule has 0 aliphatic rings. The highest BCUT2D eigenvalue weighted by molar-refractivity contribution is 5.97. The second-order valence-electron chi connectivity index (χ2n) is 5.85. The number of rotatable bonds is 6. The number of hydrogen-bond acceptors (Lipinski definition) is 3. The van der Waals surface area contributed by atoms with Crippen molar-refractivity contribution in [1.82, 2.24) is 10.2 Å². The molecule has 134 valence electrons. The van der Waals surface area contributed by atoms with Gasteiger partial charge < -0.3 is 16.0 Å². The topological polar surface area (TPSA) is 75.4 Å². The molecule has 0 fully saturated rings. The Morgan fingerprint density at radius 2 is 1.60 bits per heavy atom. The van der Waals surface area contributed by atoms with Gasteiger partial charge in [-0.15, -0.1) is 12.4 Å². The molecule has 0 radical (unpaired) electrons. The van der Waals surface area contributed by atoms with Crippen molar-refractivity contribution >= 4 is 24.2 Å². The maximum absolute atomic E-state index is 12.5. The van der Waals surface area contributed by atoms with E-state index in [1.54, 1.807) is 26.2 Å². The lowest BCUT2D eigenvalue weighted by Crippen LogP contribution is -2.47. The van der Waals surface area contributed by atoms with E-state index in [-0.39, 0.29) is 24.2 Å². The van der Waals surface area contributed by atoms with Crippen molar-refractivity contribution < 1.29 is 9.59 Å². The molecule has 0 aliphatic heterocycles. The molecule has 2 amide bonds. The van der Waals surface area contributed by atoms with E-state index in [0.717, 1.165) is 11.1 Å². The Balaban J connectivity index is 0.00000312. The fourth-order valence-corrected chi connectivity index (χ4v) is 2.40. The monoisotopic (exact) mass is 361 g/mol. The van der Waals surface area contributed by atoms with Crippen LogP contribution in [0.4, 0.5) is 0 Å². The molecule has 3 N–H and O–H groups in total. The van der Waals surface area contributed by atoms with E-state index in [9.17, 15) is 9.59 Å². The van der Waals surface area contributed by atoms with Gasteiger partial charge in [0, 0.05) is 32.6 Å². The summed E-state index contributed by atoms with van der Waals surface area (Å²) in [5, 5.41) is 2.84. The molecule has 1 atom stereocenters. The van der Waals surface area contributed by atoms with Crippen LogP contribution in [0.3, 0.4) is 0 Å². The second kappa shape index (κ2) is 9.81. The standard InChI is InChI=1S/C19H23N3O2.ClH/c1-22(2)19(24)17(12-14-6-4-3-5-7-14)21-18(23)16-10-8-15(13-20)9-11-16;/h3-11,17H,12-13,20H2,1-2H3,(H,21,23);1H. The van der Waals surface area contributed by atoms with Gasteiger partial charge in [0.2, 0.25) is 5.91 Å². The quantitative estimate of drug-likeness (QED) is 0.826. The van der Waals surface area contributed by atoms with Crippen LogP contribution >= 0.6 is 12.4 Å². The first kappa shape index (κ1) is 20.7. The van der Waals surface area contributed by atoms with Gasteiger partial charge in [-0.25, -0.2) is 0 Å². The van der Waals surface area contributed by atoms with Crippen LogP contribution in [-0.2, 0) is 17.8 Å². The lowest BCUT2D eigenvalue weighted by Gasteiger charge is -2.22. The Hall–Kier alpha value is -2.37. The zero-order valence-electron chi connectivity index (χ0n) is 14.4. The molecular weight excluding hydrogens is 338 g/mol. The molecule has 0 aromatic heterocycles. The third-order valence-electron chi connectivity index (χ3n) is 3.78. The lowest BCUT2D eigenvalue weighted by molar-refractivity contribution is -0.130. The number of hydrogen-bond donors (Lipinski definition) is 2. The highest BCUT2D eigenvalue weighted by atomic mass is 35.5. The van der Waals surface area contributed by atoms with Gasteiger partial charge >= 0.3 is 0 Å². The number of carbonyl (C=O) groups excluding carboxylic acids is 2. The van der Waals surface area contributed by atoms with Crippen molar-refractivity contribution in [1.29, 1.82) is 0 Å². The molecule has 2 aromatic rings. The third-order valence-corrected chi connectivity index (χ3v) is 3.78. The highest BCUT2D eigenvalue weighted by Crippen LogP contribution is 2.08. The van der Waals surface area contributed by atoms with Crippen molar-refractivity contribution in [3.8, 4) is 0 Å². The van der Waals surface area contributed by atoms with Crippen LogP contribution in [-0.4, -0.2) is 36.9 Å².